The molecule has 1 aromatic rings. The summed E-state index contributed by atoms with van der Waals surface area (Å²) in [6.07, 6.45) is 0.501. The molecule has 0 bridgehead atoms. The van der Waals surface area contributed by atoms with Crippen molar-refractivity contribution in [1.82, 2.24) is 10.6 Å². The second-order valence-corrected chi connectivity index (χ2v) is 6.30. The van der Waals surface area contributed by atoms with E-state index in [-0.39, 0.29) is 18.7 Å². The fourth-order valence-electron chi connectivity index (χ4n) is 2.92. The van der Waals surface area contributed by atoms with Gasteiger partial charge in [-0.05, 0) is 51.8 Å². The van der Waals surface area contributed by atoms with E-state index in [4.69, 9.17) is 14.2 Å². The Labute approximate surface area is 160 Å². The second-order valence-electron chi connectivity index (χ2n) is 6.30. The zero-order valence-corrected chi connectivity index (χ0v) is 16.5. The van der Waals surface area contributed by atoms with Gasteiger partial charge >= 0.3 is 12.0 Å². The monoisotopic (exact) mass is 376 g/mol. The average molecular weight is 376 g/mol. The Morgan fingerprint density at radius 2 is 1.89 bits per heavy atom. The minimum atomic E-state index is -0.625. The fraction of sp³-hybridized carbons (Fsp3) is 0.500. The van der Waals surface area contributed by atoms with Crippen molar-refractivity contribution in [2.45, 2.75) is 53.2 Å². The molecule has 0 radical (unpaired) electrons. The first kappa shape index (κ1) is 20.6. The molecule has 1 aliphatic rings. The van der Waals surface area contributed by atoms with Crippen molar-refractivity contribution in [1.29, 1.82) is 0 Å². The lowest BCUT2D eigenvalue weighted by Gasteiger charge is -2.29. The topological polar surface area (TPSA) is 85.9 Å². The molecule has 7 nitrogen and oxygen atoms in total. The molecule has 1 aliphatic heterocycles. The van der Waals surface area contributed by atoms with Crippen molar-refractivity contribution in [3.8, 4) is 11.5 Å². The van der Waals surface area contributed by atoms with Crippen LogP contribution in [0, 0.1) is 0 Å². The van der Waals surface area contributed by atoms with Crippen molar-refractivity contribution >= 4 is 12.0 Å². The van der Waals surface area contributed by atoms with Gasteiger partial charge in [0.15, 0.2) is 11.5 Å². The van der Waals surface area contributed by atoms with E-state index in [0.717, 1.165) is 5.56 Å². The summed E-state index contributed by atoms with van der Waals surface area (Å²) in [7, 11) is 0. The number of carbonyl (C=O) groups excluding carboxylic acids is 2. The molecule has 2 amide bonds. The van der Waals surface area contributed by atoms with E-state index in [1.54, 1.807) is 19.1 Å². The second kappa shape index (κ2) is 9.30. The number of esters is 1. The summed E-state index contributed by atoms with van der Waals surface area (Å²) in [5.41, 5.74) is 1.68. The molecular formula is C20H28N2O5. The Kier molecular flexibility index (Phi) is 7.10. The predicted molar refractivity (Wildman–Crippen MR) is 102 cm³/mol. The van der Waals surface area contributed by atoms with E-state index in [1.807, 2.05) is 33.8 Å². The number of rotatable bonds is 8. The zero-order chi connectivity index (χ0) is 20.0. The Morgan fingerprint density at radius 3 is 2.48 bits per heavy atom. The molecule has 0 fully saturated rings. The first-order chi connectivity index (χ1) is 12.9. The van der Waals surface area contributed by atoms with Crippen LogP contribution in [0.2, 0.25) is 0 Å². The maximum Gasteiger partial charge on any atom is 0.338 e. The van der Waals surface area contributed by atoms with Crippen molar-refractivity contribution < 1.29 is 23.8 Å². The van der Waals surface area contributed by atoms with Crippen LogP contribution in [0.3, 0.4) is 0 Å². The van der Waals surface area contributed by atoms with Crippen molar-refractivity contribution in [3.05, 3.63) is 35.0 Å². The number of benzene rings is 1. The van der Waals surface area contributed by atoms with Gasteiger partial charge in [0.25, 0.3) is 0 Å². The molecule has 27 heavy (non-hydrogen) atoms. The van der Waals surface area contributed by atoms with Crippen LogP contribution in [0.1, 0.15) is 52.6 Å². The van der Waals surface area contributed by atoms with Crippen molar-refractivity contribution in [3.63, 3.8) is 0 Å². The number of carbonyl (C=O) groups is 2. The minimum Gasteiger partial charge on any atom is -0.490 e. The molecule has 2 N–H and O–H groups in total. The normalized spacial score (nSPS) is 16.7. The maximum absolute atomic E-state index is 12.6. The first-order valence-corrected chi connectivity index (χ1v) is 9.32. The van der Waals surface area contributed by atoms with Crippen molar-refractivity contribution in [2.75, 3.05) is 13.2 Å². The standard InChI is InChI=1S/C20H28N2O5/c1-6-14-17(19(23)26-8-3)18(22-20(24)21-14)13-9-10-15(27-12(4)5)16(11-13)25-7-2/h9-12,18H,6-8H2,1-5H3,(H2,21,22,24). The van der Waals surface area contributed by atoms with Crippen LogP contribution < -0.4 is 20.1 Å². The molecule has 1 aromatic carbocycles. The molecule has 0 aliphatic carbocycles. The molecule has 0 saturated carbocycles. The van der Waals surface area contributed by atoms with Gasteiger partial charge in [-0.15, -0.1) is 0 Å². The minimum absolute atomic E-state index is 0.00433. The third-order valence-corrected chi connectivity index (χ3v) is 3.97. The number of hydrogen-bond acceptors (Lipinski definition) is 5. The van der Waals surface area contributed by atoms with Gasteiger partial charge < -0.3 is 24.8 Å². The van der Waals surface area contributed by atoms with Crippen LogP contribution in [0.25, 0.3) is 0 Å². The molecular weight excluding hydrogens is 348 g/mol. The number of amides is 2. The van der Waals surface area contributed by atoms with Gasteiger partial charge in [0.05, 0.1) is 30.9 Å². The molecule has 0 aromatic heterocycles. The summed E-state index contributed by atoms with van der Waals surface area (Å²) in [4.78, 5) is 24.7. The van der Waals surface area contributed by atoms with E-state index in [1.165, 1.54) is 0 Å². The SMILES string of the molecule is CCOC(=O)C1=C(CC)NC(=O)NC1c1ccc(OC(C)C)c(OCC)c1. The summed E-state index contributed by atoms with van der Waals surface area (Å²) in [6, 6.07) is 4.43. The number of hydrogen-bond donors (Lipinski definition) is 2. The quantitative estimate of drug-likeness (QED) is 0.679. The van der Waals surface area contributed by atoms with Gasteiger partial charge in [-0.3, -0.25) is 0 Å². The predicted octanol–water partition coefficient (Wildman–Crippen LogP) is 3.45. The molecule has 2 rings (SSSR count). The zero-order valence-electron chi connectivity index (χ0n) is 16.5. The van der Waals surface area contributed by atoms with E-state index >= 15 is 0 Å². The van der Waals surface area contributed by atoms with E-state index in [0.29, 0.717) is 35.8 Å². The molecule has 1 unspecified atom stereocenters. The highest BCUT2D eigenvalue weighted by molar-refractivity contribution is 5.95. The average Bonchev–Trinajstić information content (AvgIpc) is 2.62. The van der Waals surface area contributed by atoms with Crippen LogP contribution in [0.15, 0.2) is 29.5 Å². The van der Waals surface area contributed by atoms with Gasteiger partial charge in [-0.25, -0.2) is 9.59 Å². The Balaban J connectivity index is 2.50. The fourth-order valence-corrected chi connectivity index (χ4v) is 2.92. The molecule has 0 saturated heterocycles. The lowest BCUT2D eigenvalue weighted by molar-refractivity contribution is -0.139. The summed E-state index contributed by atoms with van der Waals surface area (Å²) >= 11 is 0. The molecule has 0 spiro atoms. The highest BCUT2D eigenvalue weighted by Gasteiger charge is 2.33. The smallest absolute Gasteiger partial charge is 0.338 e. The van der Waals surface area contributed by atoms with Crippen LogP contribution >= 0.6 is 0 Å². The lowest BCUT2D eigenvalue weighted by Crippen LogP contribution is -2.45. The Morgan fingerprint density at radius 1 is 1.15 bits per heavy atom. The molecule has 1 atom stereocenters. The van der Waals surface area contributed by atoms with Gasteiger partial charge in [-0.2, -0.15) is 0 Å². The Bertz CT molecular complexity index is 727. The summed E-state index contributed by atoms with van der Waals surface area (Å²) in [5.74, 6) is 0.735. The highest BCUT2D eigenvalue weighted by Crippen LogP contribution is 2.35. The van der Waals surface area contributed by atoms with Gasteiger partial charge in [0, 0.05) is 5.70 Å². The van der Waals surface area contributed by atoms with E-state index in [9.17, 15) is 9.59 Å². The first-order valence-electron chi connectivity index (χ1n) is 9.32. The number of ether oxygens (including phenoxy) is 3. The van der Waals surface area contributed by atoms with Crippen LogP contribution in [0.4, 0.5) is 4.79 Å². The van der Waals surface area contributed by atoms with Gasteiger partial charge in [0.2, 0.25) is 0 Å². The summed E-state index contributed by atoms with van der Waals surface area (Å²) in [6.45, 7) is 10.1. The van der Waals surface area contributed by atoms with Crippen LogP contribution in [-0.2, 0) is 9.53 Å². The highest BCUT2D eigenvalue weighted by atomic mass is 16.5. The van der Waals surface area contributed by atoms with E-state index < -0.39 is 12.0 Å². The third-order valence-electron chi connectivity index (χ3n) is 3.97. The van der Waals surface area contributed by atoms with E-state index in [2.05, 4.69) is 10.6 Å². The Hall–Kier alpha value is -2.70. The van der Waals surface area contributed by atoms with Gasteiger partial charge in [-0.1, -0.05) is 13.0 Å². The molecule has 7 heteroatoms. The molecule has 148 valence electrons. The number of allylic oxidation sites excluding steroid dienone is 1. The third kappa shape index (κ3) is 4.93. The summed E-state index contributed by atoms with van der Waals surface area (Å²) in [5, 5.41) is 5.52. The lowest BCUT2D eigenvalue weighted by atomic mass is 9.94. The largest absolute Gasteiger partial charge is 0.490 e. The number of nitrogens with one attached hydrogen (secondary N) is 2. The van der Waals surface area contributed by atoms with Crippen molar-refractivity contribution in [2.24, 2.45) is 0 Å². The summed E-state index contributed by atoms with van der Waals surface area (Å²) < 4.78 is 16.7. The van der Waals surface area contributed by atoms with Gasteiger partial charge in [0.1, 0.15) is 0 Å². The number of urea groups is 1. The van der Waals surface area contributed by atoms with Crippen LogP contribution in [0.5, 0.6) is 11.5 Å². The maximum atomic E-state index is 12.6. The van der Waals surface area contributed by atoms with Crippen LogP contribution in [-0.4, -0.2) is 31.3 Å². The molecule has 1 heterocycles.